The van der Waals surface area contributed by atoms with Crippen molar-refractivity contribution in [3.63, 3.8) is 0 Å². The summed E-state index contributed by atoms with van der Waals surface area (Å²) < 4.78 is 0.546. The fraction of sp³-hybridized carbons (Fsp3) is 0.333. The molecule has 0 aliphatic carbocycles. The number of aliphatic imine (C=N–C) groups is 1. The maximum absolute atomic E-state index is 12.6. The minimum absolute atomic E-state index is 0.0706. The Bertz CT molecular complexity index is 787. The number of nitrogens with zero attached hydrogens (tertiary/aromatic N) is 2. The third-order valence-corrected chi connectivity index (χ3v) is 6.14. The maximum Gasteiger partial charge on any atom is 0.266 e. The molecule has 3 rings (SSSR count). The second kappa shape index (κ2) is 8.83. The van der Waals surface area contributed by atoms with E-state index in [0.29, 0.717) is 33.8 Å². The van der Waals surface area contributed by atoms with Gasteiger partial charge in [0.1, 0.15) is 4.32 Å². The third-order valence-electron chi connectivity index (χ3n) is 3.87. The van der Waals surface area contributed by atoms with Crippen molar-refractivity contribution in [2.24, 2.45) is 4.99 Å². The zero-order valence-corrected chi connectivity index (χ0v) is 16.8. The van der Waals surface area contributed by atoms with Gasteiger partial charge in [0.2, 0.25) is 5.91 Å². The van der Waals surface area contributed by atoms with E-state index in [0.717, 1.165) is 17.9 Å². The molecular weight excluding hydrogens is 386 g/mol. The summed E-state index contributed by atoms with van der Waals surface area (Å²) in [5, 5.41) is 3.49. The predicted octanol–water partition coefficient (Wildman–Crippen LogP) is 3.20. The van der Waals surface area contributed by atoms with Crippen LogP contribution in [-0.4, -0.2) is 45.0 Å². The average Bonchev–Trinajstić information content (AvgIpc) is 3.20. The van der Waals surface area contributed by atoms with Crippen molar-refractivity contribution in [3.05, 3.63) is 40.3 Å². The van der Waals surface area contributed by atoms with E-state index in [1.165, 1.54) is 17.3 Å². The molecule has 2 aliphatic rings. The third kappa shape index (κ3) is 4.96. The summed E-state index contributed by atoms with van der Waals surface area (Å²) in [7, 11) is 0. The summed E-state index contributed by atoms with van der Waals surface area (Å²) in [5.74, 6) is 0.759. The van der Waals surface area contributed by atoms with Crippen LogP contribution in [0.1, 0.15) is 24.0 Å². The molecule has 2 heterocycles. The van der Waals surface area contributed by atoms with Gasteiger partial charge >= 0.3 is 0 Å². The van der Waals surface area contributed by atoms with Crippen molar-refractivity contribution >= 4 is 63.1 Å². The van der Waals surface area contributed by atoms with Gasteiger partial charge < -0.3 is 5.32 Å². The van der Waals surface area contributed by atoms with Crippen LogP contribution in [0, 0.1) is 6.92 Å². The van der Waals surface area contributed by atoms with Gasteiger partial charge in [-0.1, -0.05) is 65.6 Å². The summed E-state index contributed by atoms with van der Waals surface area (Å²) in [6.45, 7) is 3.23. The first-order valence-electron chi connectivity index (χ1n) is 8.32. The van der Waals surface area contributed by atoms with Crippen molar-refractivity contribution in [2.45, 2.75) is 19.8 Å². The SMILES string of the molecule is Cc1ccc(/C=C2/SC(=S)N(CCCC(=O)NC3=NCCS3)C2=O)cc1. The van der Waals surface area contributed by atoms with Crippen LogP contribution >= 0.6 is 35.7 Å². The highest BCUT2D eigenvalue weighted by Crippen LogP contribution is 2.32. The van der Waals surface area contributed by atoms with Gasteiger partial charge in [0.25, 0.3) is 5.91 Å². The lowest BCUT2D eigenvalue weighted by Gasteiger charge is -2.14. The minimum Gasteiger partial charge on any atom is -0.305 e. The Hall–Kier alpha value is -1.64. The van der Waals surface area contributed by atoms with Crippen LogP contribution in [0.5, 0.6) is 0 Å². The highest BCUT2D eigenvalue weighted by molar-refractivity contribution is 8.26. The molecule has 5 nitrogen and oxygen atoms in total. The van der Waals surface area contributed by atoms with Gasteiger partial charge in [0.05, 0.1) is 11.4 Å². The summed E-state index contributed by atoms with van der Waals surface area (Å²) in [6, 6.07) is 7.99. The number of amides is 2. The van der Waals surface area contributed by atoms with E-state index in [1.54, 1.807) is 16.7 Å². The van der Waals surface area contributed by atoms with E-state index >= 15 is 0 Å². The second-order valence-electron chi connectivity index (χ2n) is 5.93. The van der Waals surface area contributed by atoms with Gasteiger partial charge in [-0.3, -0.25) is 19.5 Å². The smallest absolute Gasteiger partial charge is 0.266 e. The highest BCUT2D eigenvalue weighted by atomic mass is 32.2. The number of aryl methyl sites for hydroxylation is 1. The van der Waals surface area contributed by atoms with Crippen molar-refractivity contribution < 1.29 is 9.59 Å². The van der Waals surface area contributed by atoms with Crippen LogP contribution < -0.4 is 5.32 Å². The molecule has 136 valence electrons. The van der Waals surface area contributed by atoms with Gasteiger partial charge in [0, 0.05) is 18.7 Å². The lowest BCUT2D eigenvalue weighted by atomic mass is 10.1. The van der Waals surface area contributed by atoms with E-state index < -0.39 is 0 Å². The van der Waals surface area contributed by atoms with Gasteiger partial charge in [0.15, 0.2) is 5.17 Å². The predicted molar refractivity (Wildman–Crippen MR) is 113 cm³/mol. The number of nitrogens with one attached hydrogen (secondary N) is 1. The van der Waals surface area contributed by atoms with E-state index in [9.17, 15) is 9.59 Å². The molecule has 0 saturated carbocycles. The van der Waals surface area contributed by atoms with Crippen molar-refractivity contribution in [2.75, 3.05) is 18.8 Å². The van der Waals surface area contributed by atoms with Crippen molar-refractivity contribution in [1.82, 2.24) is 10.2 Å². The summed E-state index contributed by atoms with van der Waals surface area (Å²) in [4.78, 5) is 30.9. The molecule has 0 spiro atoms. The Kier molecular flexibility index (Phi) is 6.50. The molecule has 0 unspecified atom stereocenters. The largest absolute Gasteiger partial charge is 0.305 e. The molecular formula is C18H19N3O2S3. The Morgan fingerprint density at radius 2 is 2.15 bits per heavy atom. The normalized spacial score (nSPS) is 18.6. The Balaban J connectivity index is 1.52. The van der Waals surface area contributed by atoms with Crippen LogP contribution in [-0.2, 0) is 9.59 Å². The second-order valence-corrected chi connectivity index (χ2v) is 8.69. The number of thiocarbonyl (C=S) groups is 1. The molecule has 26 heavy (non-hydrogen) atoms. The average molecular weight is 406 g/mol. The fourth-order valence-corrected chi connectivity index (χ4v) is 4.55. The van der Waals surface area contributed by atoms with Crippen LogP contribution in [0.4, 0.5) is 0 Å². The zero-order chi connectivity index (χ0) is 18.5. The topological polar surface area (TPSA) is 61.8 Å². The first-order chi connectivity index (χ1) is 12.5. The van der Waals surface area contributed by atoms with Gasteiger partial charge in [-0.15, -0.1) is 0 Å². The number of carbonyl (C=O) groups excluding carboxylic acids is 2. The molecule has 1 aromatic rings. The van der Waals surface area contributed by atoms with Crippen molar-refractivity contribution in [3.8, 4) is 0 Å². The Morgan fingerprint density at radius 1 is 1.38 bits per heavy atom. The molecule has 1 aromatic carbocycles. The van der Waals surface area contributed by atoms with Crippen LogP contribution in [0.25, 0.3) is 6.08 Å². The standard InChI is InChI=1S/C18H19N3O2S3/c1-12-4-6-13(7-5-12)11-14-16(23)21(18(24)26-14)9-2-3-15(22)20-17-19-8-10-25-17/h4-7,11H,2-3,8-10H2,1H3,(H,19,20,22)/b14-11+. The number of rotatable bonds is 5. The van der Waals surface area contributed by atoms with E-state index in [2.05, 4.69) is 10.3 Å². The van der Waals surface area contributed by atoms with Crippen LogP contribution in [0.15, 0.2) is 34.2 Å². The monoisotopic (exact) mass is 405 g/mol. The number of hydrogen-bond donors (Lipinski definition) is 1. The summed E-state index contributed by atoms with van der Waals surface area (Å²) in [5.41, 5.74) is 2.15. The quantitative estimate of drug-likeness (QED) is 0.602. The molecule has 8 heteroatoms. The van der Waals surface area contributed by atoms with Crippen LogP contribution in [0.3, 0.4) is 0 Å². The van der Waals surface area contributed by atoms with Crippen molar-refractivity contribution in [1.29, 1.82) is 0 Å². The molecule has 0 bridgehead atoms. The molecule has 2 amide bonds. The van der Waals surface area contributed by atoms with E-state index in [-0.39, 0.29) is 11.8 Å². The van der Waals surface area contributed by atoms with Crippen LogP contribution in [0.2, 0.25) is 0 Å². The summed E-state index contributed by atoms with van der Waals surface area (Å²) >= 11 is 8.20. The van der Waals surface area contributed by atoms with Gasteiger partial charge in [-0.2, -0.15) is 0 Å². The molecule has 2 aliphatic heterocycles. The number of benzene rings is 1. The molecule has 1 saturated heterocycles. The van der Waals surface area contributed by atoms with Gasteiger partial charge in [-0.25, -0.2) is 0 Å². The fourth-order valence-electron chi connectivity index (χ4n) is 2.50. The Morgan fingerprint density at radius 3 is 2.85 bits per heavy atom. The zero-order valence-electron chi connectivity index (χ0n) is 14.4. The molecule has 1 N–H and O–H groups in total. The lowest BCUT2D eigenvalue weighted by Crippen LogP contribution is -2.31. The minimum atomic E-state index is -0.0864. The maximum atomic E-state index is 12.6. The van der Waals surface area contributed by atoms with E-state index in [1.807, 2.05) is 37.3 Å². The summed E-state index contributed by atoms with van der Waals surface area (Å²) in [6.07, 6.45) is 2.77. The molecule has 0 radical (unpaired) electrons. The molecule has 0 atom stereocenters. The highest BCUT2D eigenvalue weighted by Gasteiger charge is 2.31. The molecule has 0 aromatic heterocycles. The number of amidine groups is 1. The number of carbonyl (C=O) groups is 2. The number of hydrogen-bond acceptors (Lipinski definition) is 6. The first kappa shape index (κ1) is 19.1. The lowest BCUT2D eigenvalue weighted by molar-refractivity contribution is -0.123. The van der Waals surface area contributed by atoms with Gasteiger partial charge in [-0.05, 0) is 25.0 Å². The Labute approximate surface area is 166 Å². The first-order valence-corrected chi connectivity index (χ1v) is 10.5. The molecule has 1 fully saturated rings. The van der Waals surface area contributed by atoms with E-state index in [4.69, 9.17) is 12.2 Å². The number of thioether (sulfide) groups is 2.